The first-order valence-corrected chi connectivity index (χ1v) is 10.6. The van der Waals surface area contributed by atoms with Crippen LogP contribution < -0.4 is 14.8 Å². The largest absolute Gasteiger partial charge is 0.454 e. The van der Waals surface area contributed by atoms with Crippen molar-refractivity contribution in [1.82, 2.24) is 4.90 Å². The Hall–Kier alpha value is -2.57. The van der Waals surface area contributed by atoms with Gasteiger partial charge in [-0.05, 0) is 49.1 Å². The van der Waals surface area contributed by atoms with Crippen molar-refractivity contribution in [1.29, 1.82) is 0 Å². The van der Waals surface area contributed by atoms with Gasteiger partial charge in [-0.2, -0.15) is 0 Å². The summed E-state index contributed by atoms with van der Waals surface area (Å²) in [4.78, 5) is 39.5. The summed E-state index contributed by atoms with van der Waals surface area (Å²) < 4.78 is 10.8. The number of amides is 3. The molecule has 3 amide bonds. The van der Waals surface area contributed by atoms with Gasteiger partial charge in [0.05, 0.1) is 11.8 Å². The predicted octanol–water partition coefficient (Wildman–Crippen LogP) is 2.73. The van der Waals surface area contributed by atoms with Gasteiger partial charge in [0.25, 0.3) is 0 Å². The maximum absolute atomic E-state index is 12.8. The fourth-order valence-electron chi connectivity index (χ4n) is 5.69. The van der Waals surface area contributed by atoms with Gasteiger partial charge in [-0.3, -0.25) is 19.3 Å². The van der Waals surface area contributed by atoms with Crippen LogP contribution in [-0.2, 0) is 20.8 Å². The maximum atomic E-state index is 12.8. The molecule has 1 aromatic rings. The van der Waals surface area contributed by atoms with Gasteiger partial charge < -0.3 is 14.8 Å². The topological polar surface area (TPSA) is 84.9 Å². The third-order valence-electron chi connectivity index (χ3n) is 6.97. The molecule has 2 saturated carbocycles. The number of imide groups is 1. The van der Waals surface area contributed by atoms with Gasteiger partial charge in [-0.25, -0.2) is 0 Å². The van der Waals surface area contributed by atoms with Crippen LogP contribution in [0.4, 0.5) is 5.69 Å². The van der Waals surface area contributed by atoms with Crippen molar-refractivity contribution >= 4 is 23.4 Å². The molecule has 1 saturated heterocycles. The van der Waals surface area contributed by atoms with Crippen LogP contribution in [0.3, 0.4) is 0 Å². The van der Waals surface area contributed by atoms with Crippen molar-refractivity contribution in [3.05, 3.63) is 17.7 Å². The van der Waals surface area contributed by atoms with Gasteiger partial charge in [-0.15, -0.1) is 0 Å². The Labute approximate surface area is 169 Å². The highest BCUT2D eigenvalue weighted by Crippen LogP contribution is 2.56. The zero-order chi connectivity index (χ0) is 20.1. The smallest absolute Gasteiger partial charge is 0.233 e. The molecule has 2 aliphatic carbocycles. The van der Waals surface area contributed by atoms with Gasteiger partial charge >= 0.3 is 0 Å². The van der Waals surface area contributed by atoms with Crippen LogP contribution in [0.2, 0.25) is 0 Å². The number of carbonyl (C=O) groups excluding carboxylic acids is 3. The molecule has 0 spiro atoms. The van der Waals surface area contributed by atoms with Gasteiger partial charge in [0.1, 0.15) is 0 Å². The molecule has 0 aromatic heterocycles. The Bertz CT molecular complexity index is 854. The molecule has 2 bridgehead atoms. The molecule has 154 valence electrons. The molecule has 2 aliphatic heterocycles. The number of hydrogen-bond acceptors (Lipinski definition) is 5. The molecule has 0 unspecified atom stereocenters. The van der Waals surface area contributed by atoms with Crippen LogP contribution in [0, 0.1) is 23.7 Å². The number of carbonyl (C=O) groups is 3. The first-order valence-electron chi connectivity index (χ1n) is 10.6. The minimum absolute atomic E-state index is 0.0604. The zero-order valence-electron chi connectivity index (χ0n) is 16.6. The molecular formula is C22H26N2O5. The molecule has 1 N–H and O–H groups in total. The van der Waals surface area contributed by atoms with Crippen molar-refractivity contribution in [2.24, 2.45) is 23.7 Å². The lowest BCUT2D eigenvalue weighted by atomic mass is 9.81. The Balaban J connectivity index is 1.24. The van der Waals surface area contributed by atoms with Gasteiger partial charge in [-0.1, -0.05) is 13.3 Å². The fraction of sp³-hybridized carbons (Fsp3) is 0.591. The average molecular weight is 398 g/mol. The summed E-state index contributed by atoms with van der Waals surface area (Å²) in [6.45, 7) is 2.41. The SMILES string of the molecule is CCCc1cc2c(cc1NC(=O)CCN1C(=O)[C@@H]3[C@H]4CC[C@@H](C4)[C@H]3C1=O)OCO2. The normalized spacial score (nSPS) is 28.9. The summed E-state index contributed by atoms with van der Waals surface area (Å²) in [6, 6.07) is 3.70. The molecule has 7 nitrogen and oxygen atoms in total. The van der Waals surface area contributed by atoms with E-state index in [1.165, 1.54) is 4.90 Å². The van der Waals surface area contributed by atoms with E-state index in [2.05, 4.69) is 12.2 Å². The Morgan fingerprint density at radius 2 is 1.76 bits per heavy atom. The number of nitrogens with zero attached hydrogens (tertiary/aromatic N) is 1. The lowest BCUT2D eigenvalue weighted by Gasteiger charge is -2.19. The Morgan fingerprint density at radius 3 is 2.41 bits per heavy atom. The minimum Gasteiger partial charge on any atom is -0.454 e. The number of rotatable bonds is 6. The molecule has 4 atom stereocenters. The maximum Gasteiger partial charge on any atom is 0.233 e. The summed E-state index contributed by atoms with van der Waals surface area (Å²) in [5.41, 5.74) is 1.69. The van der Waals surface area contributed by atoms with Crippen LogP contribution in [0.15, 0.2) is 12.1 Å². The van der Waals surface area contributed by atoms with Crippen molar-refractivity contribution in [3.63, 3.8) is 0 Å². The first-order chi connectivity index (χ1) is 14.1. The summed E-state index contributed by atoms with van der Waals surface area (Å²) in [6.07, 6.45) is 4.98. The predicted molar refractivity (Wildman–Crippen MR) is 104 cm³/mol. The lowest BCUT2D eigenvalue weighted by Crippen LogP contribution is -2.35. The summed E-state index contributed by atoms with van der Waals surface area (Å²) >= 11 is 0. The molecule has 1 aromatic carbocycles. The first kappa shape index (κ1) is 18.5. The van der Waals surface area contributed by atoms with E-state index in [-0.39, 0.29) is 49.3 Å². The van der Waals surface area contributed by atoms with E-state index in [0.717, 1.165) is 37.7 Å². The van der Waals surface area contributed by atoms with Crippen molar-refractivity contribution in [2.75, 3.05) is 18.7 Å². The molecule has 2 heterocycles. The van der Waals surface area contributed by atoms with E-state index in [9.17, 15) is 14.4 Å². The minimum atomic E-state index is -0.207. The third-order valence-corrected chi connectivity index (χ3v) is 6.97. The van der Waals surface area contributed by atoms with Crippen molar-refractivity contribution in [2.45, 2.75) is 45.4 Å². The van der Waals surface area contributed by atoms with E-state index >= 15 is 0 Å². The van der Waals surface area contributed by atoms with Crippen LogP contribution in [-0.4, -0.2) is 36.0 Å². The summed E-state index contributed by atoms with van der Waals surface area (Å²) in [5.74, 6) is 1.46. The Kier molecular flexibility index (Phi) is 4.48. The second-order valence-corrected chi connectivity index (χ2v) is 8.62. The van der Waals surface area contributed by atoms with Crippen molar-refractivity contribution in [3.8, 4) is 11.5 Å². The van der Waals surface area contributed by atoms with Gasteiger partial charge in [0.15, 0.2) is 11.5 Å². The number of hydrogen-bond donors (Lipinski definition) is 1. The van der Waals surface area contributed by atoms with E-state index in [1.807, 2.05) is 6.07 Å². The lowest BCUT2D eigenvalue weighted by molar-refractivity contribution is -0.140. The van der Waals surface area contributed by atoms with Crippen LogP contribution in [0.1, 0.15) is 44.6 Å². The molecule has 0 radical (unpaired) electrons. The quantitative estimate of drug-likeness (QED) is 0.745. The van der Waals surface area contributed by atoms with E-state index < -0.39 is 0 Å². The number of nitrogens with one attached hydrogen (secondary N) is 1. The molecule has 7 heteroatoms. The number of fused-ring (bicyclic) bond motifs is 6. The number of ether oxygens (including phenoxy) is 2. The molecule has 3 fully saturated rings. The summed E-state index contributed by atoms with van der Waals surface area (Å²) in [5, 5.41) is 2.94. The van der Waals surface area contributed by atoms with E-state index in [1.54, 1.807) is 6.07 Å². The standard InChI is InChI=1S/C22H26N2O5/c1-2-3-12-9-16-17(29-11-28-16)10-15(12)23-18(25)6-7-24-21(26)19-13-4-5-14(8-13)20(19)22(24)27/h9-10,13-14,19-20H,2-8,11H2,1H3,(H,23,25)/t13-,14-,19+,20+/m0/s1. The third kappa shape index (κ3) is 2.98. The van der Waals surface area contributed by atoms with Gasteiger partial charge in [0, 0.05) is 24.7 Å². The van der Waals surface area contributed by atoms with Gasteiger partial charge in [0.2, 0.25) is 24.5 Å². The molecule has 29 heavy (non-hydrogen) atoms. The monoisotopic (exact) mass is 398 g/mol. The van der Waals surface area contributed by atoms with E-state index in [0.29, 0.717) is 29.0 Å². The fourth-order valence-corrected chi connectivity index (χ4v) is 5.69. The highest BCUT2D eigenvalue weighted by atomic mass is 16.7. The Morgan fingerprint density at radius 1 is 1.10 bits per heavy atom. The number of benzene rings is 1. The highest BCUT2D eigenvalue weighted by molar-refractivity contribution is 6.06. The highest BCUT2D eigenvalue weighted by Gasteiger charge is 2.60. The molecular weight excluding hydrogens is 372 g/mol. The van der Waals surface area contributed by atoms with Crippen LogP contribution in [0.25, 0.3) is 0 Å². The van der Waals surface area contributed by atoms with Crippen LogP contribution >= 0.6 is 0 Å². The second-order valence-electron chi connectivity index (χ2n) is 8.62. The molecule has 5 rings (SSSR count). The second kappa shape index (κ2) is 7.04. The number of aryl methyl sites for hydroxylation is 1. The van der Waals surface area contributed by atoms with E-state index in [4.69, 9.17) is 9.47 Å². The number of anilines is 1. The molecule has 4 aliphatic rings. The summed E-state index contributed by atoms with van der Waals surface area (Å²) in [7, 11) is 0. The average Bonchev–Trinajstić information content (AvgIpc) is 3.46. The van der Waals surface area contributed by atoms with Crippen molar-refractivity contribution < 1.29 is 23.9 Å². The van der Waals surface area contributed by atoms with Crippen LogP contribution in [0.5, 0.6) is 11.5 Å². The zero-order valence-corrected chi connectivity index (χ0v) is 16.6. The number of likely N-dealkylation sites (tertiary alicyclic amines) is 1.